The average Bonchev–Trinajstić information content (AvgIpc) is 3.42. The van der Waals surface area contributed by atoms with Gasteiger partial charge in [-0.1, -0.05) is 105 Å². The van der Waals surface area contributed by atoms with Crippen molar-refractivity contribution in [2.24, 2.45) is 0 Å². The summed E-state index contributed by atoms with van der Waals surface area (Å²) in [7, 11) is 0. The van der Waals surface area contributed by atoms with Gasteiger partial charge in [-0.2, -0.15) is 0 Å². The zero-order valence-electron chi connectivity index (χ0n) is 48.5. The predicted molar refractivity (Wildman–Crippen MR) is 322 cm³/mol. The Labute approximate surface area is 477 Å². The van der Waals surface area contributed by atoms with E-state index in [0.717, 1.165) is 98.4 Å². The normalized spacial score (nSPS) is 11.6. The third-order valence-electron chi connectivity index (χ3n) is 13.8. The highest BCUT2D eigenvalue weighted by molar-refractivity contribution is 5.84. The van der Waals surface area contributed by atoms with Gasteiger partial charge < -0.3 is 35.1 Å². The van der Waals surface area contributed by atoms with Gasteiger partial charge in [0.25, 0.3) is 11.8 Å². The summed E-state index contributed by atoms with van der Waals surface area (Å²) in [5.41, 5.74) is 14.5. The van der Waals surface area contributed by atoms with E-state index < -0.39 is 24.0 Å². The molecule has 0 saturated carbocycles. The van der Waals surface area contributed by atoms with E-state index in [-0.39, 0.29) is 48.7 Å². The van der Waals surface area contributed by atoms with Crippen molar-refractivity contribution < 1.29 is 34.0 Å². The van der Waals surface area contributed by atoms with Crippen LogP contribution in [-0.4, -0.2) is 84.0 Å². The molecule has 0 fully saturated rings. The summed E-state index contributed by atoms with van der Waals surface area (Å²) >= 11 is 0. The first-order chi connectivity index (χ1) is 38.1. The highest BCUT2D eigenvalue weighted by Gasteiger charge is 2.23. The summed E-state index contributed by atoms with van der Waals surface area (Å²) < 4.78 is 17.1. The second-order valence-electron chi connectivity index (χ2n) is 20.5. The molecule has 15 nitrogen and oxygen atoms in total. The number of aryl methyl sites for hydroxylation is 8. The molecule has 2 heterocycles. The van der Waals surface area contributed by atoms with Gasteiger partial charge in [0.15, 0.2) is 47.2 Å². The molecule has 81 heavy (non-hydrogen) atoms. The molecule has 4 N–H and O–H groups in total. The van der Waals surface area contributed by atoms with E-state index in [1.165, 1.54) is 12.1 Å². The first-order valence-corrected chi connectivity index (χ1v) is 27.1. The molecule has 15 heteroatoms. The van der Waals surface area contributed by atoms with Crippen LogP contribution in [0.5, 0.6) is 23.0 Å². The molecule has 0 saturated heterocycles. The number of aromatic hydroxyl groups is 2. The molecular formula is C66H78N8O7. The summed E-state index contributed by atoms with van der Waals surface area (Å²) in [6.07, 6.45) is 0.258. The summed E-state index contributed by atoms with van der Waals surface area (Å²) in [4.78, 5) is 55.6. The van der Waals surface area contributed by atoms with E-state index in [9.17, 15) is 19.8 Å². The Bertz CT molecular complexity index is 3490. The SMILES string of the molecule is C.CCCOCCC.Cc1ccc(-c2nc(-c3ccc(C)cc3C)nc(-c3cc(C)c(OC(C)C(=O)NCNC(=O)C(C)Oc4ccc(-c5nc(-c6ccc(C)cc6C)nc(-c6ccc(C)c(C)c6C)n5)c(O)c4)cc3O)n2)c(C)c1. The fourth-order valence-electron chi connectivity index (χ4n) is 9.02. The molecule has 0 aliphatic carbocycles. The Morgan fingerprint density at radius 2 is 0.840 bits per heavy atom. The molecule has 2 atom stereocenters. The average molecular weight is 1100 g/mol. The lowest BCUT2D eigenvalue weighted by Crippen LogP contribution is -2.46. The molecule has 0 aliphatic rings. The van der Waals surface area contributed by atoms with Gasteiger partial charge in [0.2, 0.25) is 0 Å². The largest absolute Gasteiger partial charge is 0.507 e. The number of phenols is 2. The second kappa shape index (κ2) is 27.5. The summed E-state index contributed by atoms with van der Waals surface area (Å²) in [6.45, 7) is 29.1. The number of amides is 2. The molecule has 0 radical (unpaired) electrons. The van der Waals surface area contributed by atoms with Crippen LogP contribution >= 0.6 is 0 Å². The van der Waals surface area contributed by atoms with Crippen molar-refractivity contribution >= 4 is 11.8 Å². The lowest BCUT2D eigenvalue weighted by Gasteiger charge is -2.19. The Morgan fingerprint density at radius 1 is 0.444 bits per heavy atom. The van der Waals surface area contributed by atoms with E-state index in [1.54, 1.807) is 39.0 Å². The molecule has 6 aromatic carbocycles. The fraction of sp³-hybridized carbons (Fsp3) is 0.333. The number of benzene rings is 6. The summed E-state index contributed by atoms with van der Waals surface area (Å²) in [5, 5.41) is 28.1. The maximum Gasteiger partial charge on any atom is 0.262 e. The van der Waals surface area contributed by atoms with Gasteiger partial charge in [-0.3, -0.25) is 9.59 Å². The van der Waals surface area contributed by atoms with Crippen molar-refractivity contribution in [1.29, 1.82) is 0 Å². The van der Waals surface area contributed by atoms with Crippen LogP contribution in [0.3, 0.4) is 0 Å². The number of phenolic OH excluding ortho intramolecular Hbond substituents is 2. The molecule has 8 aromatic rings. The molecule has 424 valence electrons. The molecule has 0 spiro atoms. The number of hydrogen-bond acceptors (Lipinski definition) is 13. The van der Waals surface area contributed by atoms with Gasteiger partial charge in [-0.05, 0) is 153 Å². The van der Waals surface area contributed by atoms with Crippen molar-refractivity contribution in [3.8, 4) is 91.3 Å². The van der Waals surface area contributed by atoms with E-state index in [1.807, 2.05) is 97.0 Å². The quantitative estimate of drug-likeness (QED) is 0.0467. The van der Waals surface area contributed by atoms with Crippen LogP contribution in [0.25, 0.3) is 68.3 Å². The lowest BCUT2D eigenvalue weighted by atomic mass is 9.98. The minimum Gasteiger partial charge on any atom is -0.507 e. The van der Waals surface area contributed by atoms with Crippen molar-refractivity contribution in [2.45, 2.75) is 129 Å². The number of aromatic nitrogens is 6. The Hall–Kier alpha value is -8.56. The Morgan fingerprint density at radius 3 is 1.28 bits per heavy atom. The third-order valence-corrected chi connectivity index (χ3v) is 13.8. The molecule has 0 aliphatic heterocycles. The van der Waals surface area contributed by atoms with Crippen LogP contribution in [0.4, 0.5) is 0 Å². The third kappa shape index (κ3) is 15.2. The maximum absolute atomic E-state index is 13.2. The van der Waals surface area contributed by atoms with Crippen LogP contribution < -0.4 is 20.1 Å². The number of carbonyl (C=O) groups excluding carboxylic acids is 2. The molecule has 2 amide bonds. The predicted octanol–water partition coefficient (Wildman–Crippen LogP) is 13.4. The lowest BCUT2D eigenvalue weighted by molar-refractivity contribution is -0.129. The van der Waals surface area contributed by atoms with E-state index in [2.05, 4.69) is 56.5 Å². The molecule has 8 rings (SSSR count). The van der Waals surface area contributed by atoms with Gasteiger partial charge in [0, 0.05) is 47.6 Å². The monoisotopic (exact) mass is 1090 g/mol. The van der Waals surface area contributed by atoms with Crippen LogP contribution in [0.15, 0.2) is 97.1 Å². The minimum atomic E-state index is -1.01. The topological polar surface area (TPSA) is 204 Å². The Balaban J connectivity index is 0.00000124. The zero-order valence-corrected chi connectivity index (χ0v) is 48.5. The minimum absolute atomic E-state index is 0. The van der Waals surface area contributed by atoms with E-state index in [4.69, 9.17) is 44.1 Å². The van der Waals surface area contributed by atoms with Gasteiger partial charge in [0.05, 0.1) is 17.8 Å². The summed E-state index contributed by atoms with van der Waals surface area (Å²) in [6, 6.07) is 30.1. The van der Waals surface area contributed by atoms with E-state index >= 15 is 0 Å². The molecule has 0 bridgehead atoms. The van der Waals surface area contributed by atoms with Crippen molar-refractivity contribution in [3.05, 3.63) is 153 Å². The van der Waals surface area contributed by atoms with Gasteiger partial charge in [0.1, 0.15) is 23.0 Å². The number of carbonyl (C=O) groups is 2. The zero-order chi connectivity index (χ0) is 57.9. The van der Waals surface area contributed by atoms with Gasteiger partial charge >= 0.3 is 0 Å². The van der Waals surface area contributed by atoms with Crippen LogP contribution in [0.2, 0.25) is 0 Å². The van der Waals surface area contributed by atoms with Crippen molar-refractivity contribution in [2.75, 3.05) is 19.9 Å². The van der Waals surface area contributed by atoms with Gasteiger partial charge in [-0.15, -0.1) is 0 Å². The van der Waals surface area contributed by atoms with Crippen LogP contribution in [0, 0.1) is 69.2 Å². The molecule has 2 aromatic heterocycles. The number of nitrogens with one attached hydrogen (secondary N) is 2. The number of hydrogen-bond donors (Lipinski definition) is 4. The first-order valence-electron chi connectivity index (χ1n) is 27.1. The van der Waals surface area contributed by atoms with Crippen LogP contribution in [0.1, 0.15) is 104 Å². The first kappa shape index (κ1) is 61.6. The number of rotatable bonds is 18. The highest BCUT2D eigenvalue weighted by atomic mass is 16.5. The number of ether oxygens (including phenoxy) is 3. The summed E-state index contributed by atoms with van der Waals surface area (Å²) in [5.74, 6) is 1.62. The highest BCUT2D eigenvalue weighted by Crippen LogP contribution is 2.38. The second-order valence-corrected chi connectivity index (χ2v) is 20.5. The van der Waals surface area contributed by atoms with Crippen molar-refractivity contribution in [3.63, 3.8) is 0 Å². The molecular weight excluding hydrogens is 1020 g/mol. The van der Waals surface area contributed by atoms with E-state index in [0.29, 0.717) is 40.0 Å². The van der Waals surface area contributed by atoms with Gasteiger partial charge in [-0.25, -0.2) is 29.9 Å². The smallest absolute Gasteiger partial charge is 0.262 e. The number of nitrogens with zero attached hydrogens (tertiary/aromatic N) is 6. The molecule has 2 unspecified atom stereocenters. The van der Waals surface area contributed by atoms with Crippen molar-refractivity contribution in [1.82, 2.24) is 40.5 Å². The fourth-order valence-corrected chi connectivity index (χ4v) is 9.02. The Kier molecular flexibility index (Phi) is 21.0. The standard InChI is InChI=1S/C59H60N8O6.C6H14O.CH4/c1-30-13-18-43(34(5)23-30)52-62-53(44-19-14-31(2)24-35(44)6)66-57(65-52)48-26-37(8)51(28-50(48)69)73-41(12)59(71)61-29-60-58(70)40(11)72-42-17-22-47(49(68)27-42)56-64-54(45-20-15-32(3)25-36(45)7)63-55(67-56)46-21-16-33(4)38(9)39(46)10;1-3-5-7-6-4-2;/h13-28,40-41,68-69H,29H2,1-12H3,(H,60,70)(H,61,71);3-6H2,1-2H3;1H4. The van der Waals surface area contributed by atoms with Crippen LogP contribution in [-0.2, 0) is 14.3 Å². The maximum atomic E-state index is 13.2.